The van der Waals surface area contributed by atoms with E-state index in [2.05, 4.69) is 4.98 Å². The third-order valence-electron chi connectivity index (χ3n) is 5.40. The number of aliphatic hydroxyl groups is 2. The van der Waals surface area contributed by atoms with Crippen molar-refractivity contribution in [1.82, 2.24) is 9.55 Å². The minimum absolute atomic E-state index is 0.0664. The lowest BCUT2D eigenvalue weighted by Crippen LogP contribution is -2.35. The third-order valence-corrected chi connectivity index (χ3v) is 6.07. The average molecular weight is 575 g/mol. The predicted octanol–water partition coefficient (Wildman–Crippen LogP) is 1.99. The molecule has 2 aromatic rings. The van der Waals surface area contributed by atoms with E-state index in [4.69, 9.17) is 9.47 Å². The molecule has 0 amide bonds. The molecule has 1 saturated heterocycles. The van der Waals surface area contributed by atoms with Gasteiger partial charge in [-0.05, 0) is 40.1 Å². The van der Waals surface area contributed by atoms with Gasteiger partial charge in [0.25, 0.3) is 11.2 Å². The number of hydrogen-bond donors (Lipinski definition) is 3. The number of ether oxygens (including phenoxy) is 2. The highest BCUT2D eigenvalue weighted by atomic mass is 127. The number of hydrogen-bond acceptors (Lipinski definition) is 8. The molecular formula is C21H26IN3O8. The topological polar surface area (TPSA) is 157 Å². The molecule has 3 rings (SSSR count). The number of aromatic nitrogens is 2. The minimum Gasteiger partial charge on any atom is -0.394 e. The van der Waals surface area contributed by atoms with E-state index in [1.54, 1.807) is 12.1 Å². The van der Waals surface area contributed by atoms with Crippen molar-refractivity contribution in [3.05, 3.63) is 70.0 Å². The van der Waals surface area contributed by atoms with Crippen LogP contribution in [0.25, 0.3) is 0 Å². The standard InChI is InChI=1S/C21H26IN3O8/c1-21(2,3)18(13-5-4-12(22)6-14(13)25(30)31)32-10-11-8-24(20(29)23-19(11)28)17-7-15(27)16(9-26)33-17/h4-6,8,15-18,26-27H,7,9-10H2,1-3H3,(H,23,28,29)/t15?,16-,17-,18-/m0/s1. The van der Waals surface area contributed by atoms with Crippen LogP contribution in [-0.4, -0.2) is 43.5 Å². The van der Waals surface area contributed by atoms with Gasteiger partial charge in [-0.15, -0.1) is 0 Å². The summed E-state index contributed by atoms with van der Waals surface area (Å²) in [7, 11) is 0. The maximum Gasteiger partial charge on any atom is 0.330 e. The summed E-state index contributed by atoms with van der Waals surface area (Å²) in [6.07, 6.45) is -2.02. The molecule has 0 bridgehead atoms. The van der Waals surface area contributed by atoms with E-state index in [9.17, 15) is 29.9 Å². The Labute approximate surface area is 202 Å². The number of nitro benzene ring substituents is 1. The van der Waals surface area contributed by atoms with Gasteiger partial charge < -0.3 is 19.7 Å². The summed E-state index contributed by atoms with van der Waals surface area (Å²) in [5.41, 5.74) is -1.51. The van der Waals surface area contributed by atoms with Crippen molar-refractivity contribution in [1.29, 1.82) is 0 Å². The zero-order valence-corrected chi connectivity index (χ0v) is 20.5. The zero-order valence-electron chi connectivity index (χ0n) is 18.4. The van der Waals surface area contributed by atoms with Gasteiger partial charge in [0.2, 0.25) is 0 Å². The van der Waals surface area contributed by atoms with Gasteiger partial charge >= 0.3 is 5.69 Å². The SMILES string of the molecule is CC(C)(C)[C@@H](OCc1cn([C@@H]2CC(O)[C@H](CO)O2)c(=O)[nH]c1=O)c1ccc(I)cc1[N+](=O)[O-]. The Kier molecular flexibility index (Phi) is 7.73. The third kappa shape index (κ3) is 5.69. The molecule has 3 N–H and O–H groups in total. The van der Waals surface area contributed by atoms with E-state index in [0.717, 1.165) is 4.57 Å². The van der Waals surface area contributed by atoms with Crippen molar-refractivity contribution >= 4 is 28.3 Å². The fourth-order valence-corrected chi connectivity index (χ4v) is 4.24. The first-order chi connectivity index (χ1) is 15.4. The molecule has 0 saturated carbocycles. The summed E-state index contributed by atoms with van der Waals surface area (Å²) < 4.78 is 13.4. The first-order valence-electron chi connectivity index (χ1n) is 10.3. The van der Waals surface area contributed by atoms with Crippen LogP contribution in [0.15, 0.2) is 34.0 Å². The van der Waals surface area contributed by atoms with Crippen LogP contribution in [0.5, 0.6) is 0 Å². The van der Waals surface area contributed by atoms with E-state index in [1.807, 2.05) is 43.4 Å². The van der Waals surface area contributed by atoms with Crippen molar-refractivity contribution in [3.8, 4) is 0 Å². The number of aromatic amines is 1. The molecule has 1 aliphatic heterocycles. The number of nitrogens with one attached hydrogen (secondary N) is 1. The van der Waals surface area contributed by atoms with Gasteiger partial charge in [-0.3, -0.25) is 24.5 Å². The molecule has 33 heavy (non-hydrogen) atoms. The zero-order chi connectivity index (χ0) is 24.5. The van der Waals surface area contributed by atoms with E-state index in [0.29, 0.717) is 9.13 Å². The van der Waals surface area contributed by atoms with Crippen LogP contribution >= 0.6 is 22.6 Å². The van der Waals surface area contributed by atoms with Crippen molar-refractivity contribution < 1.29 is 24.6 Å². The summed E-state index contributed by atoms with van der Waals surface area (Å²) in [5.74, 6) is 0. The fourth-order valence-electron chi connectivity index (χ4n) is 3.77. The Bertz CT molecular complexity index is 1140. The Hall–Kier alpha value is -2.13. The van der Waals surface area contributed by atoms with E-state index in [-0.39, 0.29) is 24.3 Å². The minimum atomic E-state index is -0.953. The van der Waals surface area contributed by atoms with Gasteiger partial charge in [0.05, 0.1) is 41.5 Å². The summed E-state index contributed by atoms with van der Waals surface area (Å²) in [4.78, 5) is 38.1. The Morgan fingerprint density at radius 3 is 2.67 bits per heavy atom. The molecule has 1 unspecified atom stereocenters. The maximum absolute atomic E-state index is 12.4. The molecule has 0 radical (unpaired) electrons. The molecule has 12 heteroatoms. The Morgan fingerprint density at radius 2 is 2.09 bits per heavy atom. The van der Waals surface area contributed by atoms with E-state index in [1.165, 1.54) is 12.3 Å². The number of nitrogens with zero attached hydrogens (tertiary/aromatic N) is 2. The number of aliphatic hydroxyl groups excluding tert-OH is 2. The second-order valence-corrected chi connectivity index (χ2v) is 10.2. The second kappa shape index (κ2) is 10.0. The molecule has 0 spiro atoms. The van der Waals surface area contributed by atoms with Gasteiger partial charge in [0.1, 0.15) is 12.3 Å². The summed E-state index contributed by atoms with van der Waals surface area (Å²) in [6.45, 7) is 4.97. The molecular weight excluding hydrogens is 549 g/mol. The molecule has 11 nitrogen and oxygen atoms in total. The predicted molar refractivity (Wildman–Crippen MR) is 126 cm³/mol. The highest BCUT2D eigenvalue weighted by Crippen LogP contribution is 2.41. The number of benzene rings is 1. The maximum atomic E-state index is 12.4. The van der Waals surface area contributed by atoms with Crippen LogP contribution in [-0.2, 0) is 16.1 Å². The number of H-pyrrole nitrogens is 1. The first kappa shape index (κ1) is 25.5. The highest BCUT2D eigenvalue weighted by Gasteiger charge is 2.36. The molecule has 4 atom stereocenters. The van der Waals surface area contributed by atoms with Crippen LogP contribution in [0.4, 0.5) is 5.69 Å². The van der Waals surface area contributed by atoms with Crippen molar-refractivity contribution in [2.45, 2.75) is 58.3 Å². The fraction of sp³-hybridized carbons (Fsp3) is 0.524. The number of halogens is 1. The van der Waals surface area contributed by atoms with Crippen LogP contribution in [0.1, 0.15) is 50.7 Å². The van der Waals surface area contributed by atoms with Gasteiger partial charge in [-0.2, -0.15) is 0 Å². The average Bonchev–Trinajstić information content (AvgIpc) is 3.09. The van der Waals surface area contributed by atoms with Crippen molar-refractivity contribution in [2.75, 3.05) is 6.61 Å². The lowest BCUT2D eigenvalue weighted by atomic mass is 9.84. The first-order valence-corrected chi connectivity index (χ1v) is 11.3. The summed E-state index contributed by atoms with van der Waals surface area (Å²) in [5, 5.41) is 30.9. The summed E-state index contributed by atoms with van der Waals surface area (Å²) in [6, 6.07) is 4.85. The van der Waals surface area contributed by atoms with Gasteiger partial charge in [-0.1, -0.05) is 20.8 Å². The quantitative estimate of drug-likeness (QED) is 0.257. The lowest BCUT2D eigenvalue weighted by Gasteiger charge is -2.31. The van der Waals surface area contributed by atoms with Crippen LogP contribution in [0.2, 0.25) is 0 Å². The molecule has 180 valence electrons. The Balaban J connectivity index is 1.92. The molecule has 0 aliphatic carbocycles. The summed E-state index contributed by atoms with van der Waals surface area (Å²) >= 11 is 2.00. The molecule has 1 aromatic carbocycles. The Morgan fingerprint density at radius 1 is 1.39 bits per heavy atom. The van der Waals surface area contributed by atoms with E-state index >= 15 is 0 Å². The van der Waals surface area contributed by atoms with E-state index < -0.39 is 52.7 Å². The van der Waals surface area contributed by atoms with Gasteiger partial charge in [-0.25, -0.2) is 4.79 Å². The van der Waals surface area contributed by atoms with Crippen LogP contribution < -0.4 is 11.2 Å². The van der Waals surface area contributed by atoms with Crippen molar-refractivity contribution in [3.63, 3.8) is 0 Å². The molecule has 1 aliphatic rings. The van der Waals surface area contributed by atoms with Crippen LogP contribution in [0, 0.1) is 19.1 Å². The van der Waals surface area contributed by atoms with Gasteiger partial charge in [0, 0.05) is 22.3 Å². The van der Waals surface area contributed by atoms with Crippen LogP contribution in [0.3, 0.4) is 0 Å². The largest absolute Gasteiger partial charge is 0.394 e. The molecule has 1 aromatic heterocycles. The normalized spacial score (nSPS) is 21.8. The smallest absolute Gasteiger partial charge is 0.330 e. The number of rotatable bonds is 7. The molecule has 1 fully saturated rings. The highest BCUT2D eigenvalue weighted by molar-refractivity contribution is 14.1. The monoisotopic (exact) mass is 575 g/mol. The molecule has 2 heterocycles. The second-order valence-electron chi connectivity index (χ2n) is 8.95. The number of nitro groups is 1. The van der Waals surface area contributed by atoms with Gasteiger partial charge in [0.15, 0.2) is 0 Å². The van der Waals surface area contributed by atoms with Crippen molar-refractivity contribution in [2.24, 2.45) is 5.41 Å². The lowest BCUT2D eigenvalue weighted by molar-refractivity contribution is -0.386.